The number of hydrogen-bond acceptors (Lipinski definition) is 3. The number of anilines is 2. The predicted molar refractivity (Wildman–Crippen MR) is 93.5 cm³/mol. The van der Waals surface area contributed by atoms with E-state index >= 15 is 0 Å². The zero-order valence-corrected chi connectivity index (χ0v) is 13.8. The Labute approximate surface area is 141 Å². The summed E-state index contributed by atoms with van der Waals surface area (Å²) in [6, 6.07) is 15.3. The van der Waals surface area contributed by atoms with E-state index in [-0.39, 0.29) is 24.3 Å². The molecule has 0 radical (unpaired) electrons. The Kier molecular flexibility index (Phi) is 4.51. The first-order chi connectivity index (χ1) is 11.6. The molecule has 2 amide bonds. The Morgan fingerprint density at radius 1 is 1.21 bits per heavy atom. The second-order valence-electron chi connectivity index (χ2n) is 5.96. The molecular formula is C19H20N2O3. The summed E-state index contributed by atoms with van der Waals surface area (Å²) in [4.78, 5) is 25.6. The summed E-state index contributed by atoms with van der Waals surface area (Å²) in [6.45, 7) is 2.01. The number of rotatable bonds is 4. The van der Waals surface area contributed by atoms with Crippen molar-refractivity contribution >= 4 is 23.2 Å². The molecule has 2 aromatic rings. The second-order valence-corrected chi connectivity index (χ2v) is 5.96. The summed E-state index contributed by atoms with van der Waals surface area (Å²) < 4.78 is 5.52. The lowest BCUT2D eigenvalue weighted by Crippen LogP contribution is -2.35. The predicted octanol–water partition coefficient (Wildman–Crippen LogP) is 3.17. The van der Waals surface area contributed by atoms with Crippen molar-refractivity contribution in [3.8, 4) is 5.75 Å². The fourth-order valence-corrected chi connectivity index (χ4v) is 2.78. The monoisotopic (exact) mass is 324 g/mol. The van der Waals surface area contributed by atoms with E-state index in [9.17, 15) is 9.59 Å². The number of amides is 2. The van der Waals surface area contributed by atoms with Crippen molar-refractivity contribution in [2.24, 2.45) is 0 Å². The van der Waals surface area contributed by atoms with Gasteiger partial charge in [-0.15, -0.1) is 0 Å². The number of likely N-dealkylation sites (N-methyl/N-ethyl adjacent to an activating group) is 1. The average molecular weight is 324 g/mol. The van der Waals surface area contributed by atoms with Gasteiger partial charge in [0.25, 0.3) is 5.91 Å². The van der Waals surface area contributed by atoms with Crippen LogP contribution in [0.2, 0.25) is 0 Å². The lowest BCUT2D eigenvalue weighted by Gasteiger charge is -2.27. The first-order valence-corrected chi connectivity index (χ1v) is 7.93. The van der Waals surface area contributed by atoms with Crippen LogP contribution >= 0.6 is 0 Å². The molecule has 2 aromatic carbocycles. The van der Waals surface area contributed by atoms with Crippen LogP contribution in [-0.4, -0.2) is 25.5 Å². The molecule has 0 fully saturated rings. The number of nitrogens with zero attached hydrogens (tertiary/aromatic N) is 1. The minimum absolute atomic E-state index is 0.0171. The summed E-state index contributed by atoms with van der Waals surface area (Å²) in [5.41, 5.74) is 2.39. The van der Waals surface area contributed by atoms with Gasteiger partial charge in [0.2, 0.25) is 5.91 Å². The third-order valence-electron chi connectivity index (χ3n) is 4.20. The maximum absolute atomic E-state index is 12.4. The van der Waals surface area contributed by atoms with Crippen LogP contribution in [0.3, 0.4) is 0 Å². The Hall–Kier alpha value is -2.82. The normalized spacial score (nSPS) is 14.6. The van der Waals surface area contributed by atoms with Crippen LogP contribution in [0.15, 0.2) is 48.5 Å². The average Bonchev–Trinajstić information content (AvgIpc) is 2.59. The molecule has 1 atom stereocenters. The quantitative estimate of drug-likeness (QED) is 0.940. The first kappa shape index (κ1) is 16.1. The van der Waals surface area contributed by atoms with E-state index in [1.54, 1.807) is 30.1 Å². The molecule has 1 N–H and O–H groups in total. The number of hydrogen-bond donors (Lipinski definition) is 1. The first-order valence-electron chi connectivity index (χ1n) is 7.93. The molecule has 0 saturated heterocycles. The zero-order chi connectivity index (χ0) is 17.1. The highest BCUT2D eigenvalue weighted by atomic mass is 16.5. The number of carbonyl (C=O) groups excluding carboxylic acids is 2. The van der Waals surface area contributed by atoms with Crippen LogP contribution in [0.4, 0.5) is 11.4 Å². The van der Waals surface area contributed by atoms with E-state index in [1.165, 1.54) is 0 Å². The standard InChI is InChI=1S/C19H20N2O3/c1-13(14-7-4-3-5-8-14)11-17(22)20-15-9-6-10-16-19(15)24-12-18(23)21(16)2/h3-10,13H,11-12H2,1-2H3,(H,20,22). The van der Waals surface area contributed by atoms with E-state index < -0.39 is 0 Å². The number of carbonyl (C=O) groups is 2. The van der Waals surface area contributed by atoms with E-state index in [1.807, 2.05) is 37.3 Å². The highest BCUT2D eigenvalue weighted by Crippen LogP contribution is 2.38. The molecule has 3 rings (SSSR count). The summed E-state index contributed by atoms with van der Waals surface area (Å²) in [5.74, 6) is 0.475. The summed E-state index contributed by atoms with van der Waals surface area (Å²) >= 11 is 0. The van der Waals surface area contributed by atoms with Crippen molar-refractivity contribution in [1.29, 1.82) is 0 Å². The molecule has 0 saturated carbocycles. The van der Waals surface area contributed by atoms with Crippen molar-refractivity contribution in [2.75, 3.05) is 23.9 Å². The van der Waals surface area contributed by atoms with Gasteiger partial charge in [-0.2, -0.15) is 0 Å². The fourth-order valence-electron chi connectivity index (χ4n) is 2.78. The van der Waals surface area contributed by atoms with Gasteiger partial charge in [-0.3, -0.25) is 9.59 Å². The Morgan fingerprint density at radius 2 is 1.96 bits per heavy atom. The Balaban J connectivity index is 1.73. The molecular weight excluding hydrogens is 304 g/mol. The lowest BCUT2D eigenvalue weighted by atomic mass is 9.97. The Morgan fingerprint density at radius 3 is 2.71 bits per heavy atom. The molecule has 1 heterocycles. The molecule has 5 nitrogen and oxygen atoms in total. The van der Waals surface area contributed by atoms with Crippen LogP contribution in [0, 0.1) is 0 Å². The van der Waals surface area contributed by atoms with Crippen molar-refractivity contribution in [1.82, 2.24) is 0 Å². The smallest absolute Gasteiger partial charge is 0.264 e. The Bertz CT molecular complexity index is 758. The van der Waals surface area contributed by atoms with Gasteiger partial charge in [0.15, 0.2) is 12.4 Å². The van der Waals surface area contributed by atoms with Crippen molar-refractivity contribution in [3.63, 3.8) is 0 Å². The maximum Gasteiger partial charge on any atom is 0.264 e. The van der Waals surface area contributed by atoms with Crippen LogP contribution in [-0.2, 0) is 9.59 Å². The molecule has 0 bridgehead atoms. The molecule has 1 aliphatic heterocycles. The highest BCUT2D eigenvalue weighted by molar-refractivity contribution is 6.01. The number of nitrogens with one attached hydrogen (secondary N) is 1. The molecule has 1 unspecified atom stereocenters. The van der Waals surface area contributed by atoms with Gasteiger partial charge in [0.05, 0.1) is 11.4 Å². The van der Waals surface area contributed by atoms with Gasteiger partial charge in [-0.05, 0) is 23.6 Å². The number of fused-ring (bicyclic) bond motifs is 1. The largest absolute Gasteiger partial charge is 0.479 e. The van der Waals surface area contributed by atoms with E-state index in [2.05, 4.69) is 5.32 Å². The highest BCUT2D eigenvalue weighted by Gasteiger charge is 2.25. The summed E-state index contributed by atoms with van der Waals surface area (Å²) in [7, 11) is 1.70. The van der Waals surface area contributed by atoms with Crippen LogP contribution < -0.4 is 15.0 Å². The van der Waals surface area contributed by atoms with Gasteiger partial charge in [0.1, 0.15) is 0 Å². The number of para-hydroxylation sites is 1. The molecule has 0 spiro atoms. The van der Waals surface area contributed by atoms with Gasteiger partial charge in [-0.25, -0.2) is 0 Å². The summed E-state index contributed by atoms with van der Waals surface area (Å²) in [5, 5.41) is 2.90. The molecule has 24 heavy (non-hydrogen) atoms. The number of ether oxygens (including phenoxy) is 1. The van der Waals surface area contributed by atoms with E-state index in [4.69, 9.17) is 4.74 Å². The third-order valence-corrected chi connectivity index (χ3v) is 4.20. The summed E-state index contributed by atoms with van der Waals surface area (Å²) in [6.07, 6.45) is 0.377. The molecule has 0 aliphatic carbocycles. The molecule has 0 aromatic heterocycles. The van der Waals surface area contributed by atoms with Gasteiger partial charge < -0.3 is 15.0 Å². The molecule has 5 heteroatoms. The number of benzene rings is 2. The second kappa shape index (κ2) is 6.74. The van der Waals surface area contributed by atoms with Crippen molar-refractivity contribution in [2.45, 2.75) is 19.3 Å². The zero-order valence-electron chi connectivity index (χ0n) is 13.8. The van der Waals surface area contributed by atoms with E-state index in [0.29, 0.717) is 23.5 Å². The van der Waals surface area contributed by atoms with E-state index in [0.717, 1.165) is 5.56 Å². The molecule has 1 aliphatic rings. The molecule has 124 valence electrons. The van der Waals surface area contributed by atoms with Crippen molar-refractivity contribution < 1.29 is 14.3 Å². The van der Waals surface area contributed by atoms with Gasteiger partial charge in [0, 0.05) is 13.5 Å². The van der Waals surface area contributed by atoms with Crippen LogP contribution in [0.1, 0.15) is 24.8 Å². The lowest BCUT2D eigenvalue weighted by molar-refractivity contribution is -0.121. The minimum atomic E-state index is -0.108. The maximum atomic E-state index is 12.4. The third kappa shape index (κ3) is 3.25. The van der Waals surface area contributed by atoms with Gasteiger partial charge in [-0.1, -0.05) is 43.3 Å². The van der Waals surface area contributed by atoms with Gasteiger partial charge >= 0.3 is 0 Å². The van der Waals surface area contributed by atoms with Crippen LogP contribution in [0.5, 0.6) is 5.75 Å². The fraction of sp³-hybridized carbons (Fsp3) is 0.263. The SMILES string of the molecule is CC(CC(=O)Nc1cccc2c1OCC(=O)N2C)c1ccccc1. The minimum Gasteiger partial charge on any atom is -0.479 e. The van der Waals surface area contributed by atoms with Crippen LogP contribution in [0.25, 0.3) is 0 Å². The van der Waals surface area contributed by atoms with Crippen molar-refractivity contribution in [3.05, 3.63) is 54.1 Å². The topological polar surface area (TPSA) is 58.6 Å².